The van der Waals surface area contributed by atoms with Crippen molar-refractivity contribution in [2.45, 2.75) is 18.8 Å². The number of amides is 2. The third kappa shape index (κ3) is 3.99. The van der Waals surface area contributed by atoms with Gasteiger partial charge in [0, 0.05) is 31.4 Å². The predicted molar refractivity (Wildman–Crippen MR) is 109 cm³/mol. The van der Waals surface area contributed by atoms with Gasteiger partial charge >= 0.3 is 0 Å². The Morgan fingerprint density at radius 1 is 1.17 bits per heavy atom. The quantitative estimate of drug-likeness (QED) is 0.603. The zero-order chi connectivity index (χ0) is 20.2. The van der Waals surface area contributed by atoms with Crippen molar-refractivity contribution >= 4 is 17.6 Å². The molecule has 1 aliphatic rings. The zero-order valence-corrected chi connectivity index (χ0v) is 16.1. The number of aromatic amines is 1. The molecule has 2 heterocycles. The van der Waals surface area contributed by atoms with Crippen LogP contribution in [0.15, 0.2) is 54.6 Å². The Balaban J connectivity index is 1.50. The first-order valence-electron chi connectivity index (χ1n) is 9.52. The van der Waals surface area contributed by atoms with Gasteiger partial charge in [0.1, 0.15) is 11.4 Å². The largest absolute Gasteiger partial charge is 0.493 e. The lowest BCUT2D eigenvalue weighted by atomic mass is 9.85. The average Bonchev–Trinajstić information content (AvgIpc) is 3.17. The maximum atomic E-state index is 12.2. The van der Waals surface area contributed by atoms with Crippen LogP contribution in [-0.2, 0) is 11.2 Å². The van der Waals surface area contributed by atoms with Crippen molar-refractivity contribution in [2.24, 2.45) is 0 Å². The molecule has 4 rings (SSSR count). The van der Waals surface area contributed by atoms with E-state index in [2.05, 4.69) is 33.0 Å². The Morgan fingerprint density at radius 2 is 1.93 bits per heavy atom. The summed E-state index contributed by atoms with van der Waals surface area (Å²) in [7, 11) is 1.56. The minimum absolute atomic E-state index is 0.124. The number of benzene rings is 2. The molecule has 1 aromatic heterocycles. The highest BCUT2D eigenvalue weighted by atomic mass is 16.5. The van der Waals surface area contributed by atoms with E-state index in [-0.39, 0.29) is 24.2 Å². The van der Waals surface area contributed by atoms with Crippen LogP contribution in [0, 0.1) is 0 Å². The molecule has 0 radical (unpaired) electrons. The van der Waals surface area contributed by atoms with Gasteiger partial charge in [0.25, 0.3) is 5.91 Å². The van der Waals surface area contributed by atoms with E-state index in [1.54, 1.807) is 7.05 Å². The fourth-order valence-electron chi connectivity index (χ4n) is 3.57. The molecule has 3 N–H and O–H groups in total. The first-order valence-corrected chi connectivity index (χ1v) is 9.52. The van der Waals surface area contributed by atoms with E-state index in [0.717, 1.165) is 17.7 Å². The Hall–Kier alpha value is -3.61. The molecular weight excluding hydrogens is 368 g/mol. The summed E-state index contributed by atoms with van der Waals surface area (Å²) >= 11 is 0. The summed E-state index contributed by atoms with van der Waals surface area (Å²) in [5.74, 6) is 0.543. The lowest BCUT2D eigenvalue weighted by molar-refractivity contribution is -0.116. The van der Waals surface area contributed by atoms with Crippen molar-refractivity contribution in [2.75, 3.05) is 19.0 Å². The van der Waals surface area contributed by atoms with E-state index in [4.69, 9.17) is 4.74 Å². The number of hydrogen-bond donors (Lipinski definition) is 3. The average molecular weight is 390 g/mol. The Bertz CT molecular complexity index is 1010. The van der Waals surface area contributed by atoms with Gasteiger partial charge in [0.15, 0.2) is 5.82 Å². The van der Waals surface area contributed by atoms with Gasteiger partial charge in [-0.2, -0.15) is 5.10 Å². The molecule has 0 bridgehead atoms. The first kappa shape index (κ1) is 18.7. The molecule has 0 saturated heterocycles. The molecule has 1 aliphatic heterocycles. The summed E-state index contributed by atoms with van der Waals surface area (Å²) < 4.78 is 5.85. The third-order valence-corrected chi connectivity index (χ3v) is 5.04. The zero-order valence-electron chi connectivity index (χ0n) is 16.1. The van der Waals surface area contributed by atoms with E-state index < -0.39 is 0 Å². The van der Waals surface area contributed by atoms with Crippen LogP contribution in [0.4, 0.5) is 5.82 Å². The second kappa shape index (κ2) is 8.18. The van der Waals surface area contributed by atoms with Crippen LogP contribution in [0.1, 0.15) is 39.5 Å². The number of aromatic nitrogens is 2. The molecule has 0 aliphatic carbocycles. The SMILES string of the molecule is CNC(=O)c1[nH]nc2c1C(c1ccc(OCCc3ccccc3)cc1)CC(=O)N2. The maximum Gasteiger partial charge on any atom is 0.269 e. The number of carbonyl (C=O) groups excluding carboxylic acids is 2. The van der Waals surface area contributed by atoms with E-state index in [9.17, 15) is 9.59 Å². The number of H-pyrrole nitrogens is 1. The van der Waals surface area contributed by atoms with E-state index >= 15 is 0 Å². The highest BCUT2D eigenvalue weighted by molar-refractivity contribution is 6.00. The smallest absolute Gasteiger partial charge is 0.269 e. The van der Waals surface area contributed by atoms with Gasteiger partial charge in [0.2, 0.25) is 5.91 Å². The van der Waals surface area contributed by atoms with Gasteiger partial charge in [-0.05, 0) is 23.3 Å². The van der Waals surface area contributed by atoms with Gasteiger partial charge in [-0.3, -0.25) is 14.7 Å². The normalized spacial score (nSPS) is 15.3. The standard InChI is InChI=1S/C22H22N4O3/c1-23-22(28)20-19-17(13-18(27)24-21(19)26-25-20)15-7-9-16(10-8-15)29-12-11-14-5-3-2-4-6-14/h2-10,17H,11-13H2,1H3,(H,23,28)(H2,24,25,26,27). The molecule has 1 unspecified atom stereocenters. The van der Waals surface area contributed by atoms with Gasteiger partial charge in [0.05, 0.1) is 6.61 Å². The monoisotopic (exact) mass is 390 g/mol. The Morgan fingerprint density at radius 3 is 2.66 bits per heavy atom. The number of rotatable bonds is 6. The number of anilines is 1. The minimum atomic E-state index is -0.263. The van der Waals surface area contributed by atoms with Crippen LogP contribution in [0.3, 0.4) is 0 Å². The fraction of sp³-hybridized carbons (Fsp3) is 0.227. The predicted octanol–water partition coefficient (Wildman–Crippen LogP) is 2.86. The number of hydrogen-bond acceptors (Lipinski definition) is 4. The molecule has 2 amide bonds. The van der Waals surface area contributed by atoms with Crippen molar-refractivity contribution in [1.82, 2.24) is 15.5 Å². The Labute approximate surface area is 168 Å². The second-order valence-electron chi connectivity index (χ2n) is 6.90. The van der Waals surface area contributed by atoms with E-state index in [0.29, 0.717) is 23.7 Å². The molecule has 7 nitrogen and oxygen atoms in total. The van der Waals surface area contributed by atoms with Crippen LogP contribution in [-0.4, -0.2) is 35.7 Å². The molecule has 148 valence electrons. The molecule has 3 aromatic rings. The topological polar surface area (TPSA) is 96.1 Å². The highest BCUT2D eigenvalue weighted by Gasteiger charge is 2.33. The van der Waals surface area contributed by atoms with Gasteiger partial charge in [-0.25, -0.2) is 0 Å². The molecule has 0 fully saturated rings. The van der Waals surface area contributed by atoms with E-state index in [1.165, 1.54) is 5.56 Å². The van der Waals surface area contributed by atoms with Crippen LogP contribution >= 0.6 is 0 Å². The van der Waals surface area contributed by atoms with Crippen LogP contribution < -0.4 is 15.4 Å². The van der Waals surface area contributed by atoms with Crippen LogP contribution in [0.5, 0.6) is 5.75 Å². The van der Waals surface area contributed by atoms with E-state index in [1.807, 2.05) is 42.5 Å². The highest BCUT2D eigenvalue weighted by Crippen LogP contribution is 2.38. The summed E-state index contributed by atoms with van der Waals surface area (Å²) in [5, 5.41) is 12.2. The van der Waals surface area contributed by atoms with Gasteiger partial charge in [-0.1, -0.05) is 42.5 Å². The maximum absolute atomic E-state index is 12.2. The lowest BCUT2D eigenvalue weighted by Crippen LogP contribution is -2.26. The van der Waals surface area contributed by atoms with Crippen LogP contribution in [0.2, 0.25) is 0 Å². The van der Waals surface area contributed by atoms with Crippen molar-refractivity contribution in [1.29, 1.82) is 0 Å². The first-order chi connectivity index (χ1) is 14.2. The molecule has 0 spiro atoms. The number of nitrogens with one attached hydrogen (secondary N) is 3. The minimum Gasteiger partial charge on any atom is -0.493 e. The van der Waals surface area contributed by atoms with Crippen molar-refractivity contribution < 1.29 is 14.3 Å². The van der Waals surface area contributed by atoms with Crippen molar-refractivity contribution in [3.63, 3.8) is 0 Å². The molecule has 2 aromatic carbocycles. The number of carbonyl (C=O) groups is 2. The Kier molecular flexibility index (Phi) is 5.29. The molecule has 0 saturated carbocycles. The van der Waals surface area contributed by atoms with Crippen molar-refractivity contribution in [3.8, 4) is 5.75 Å². The molecule has 7 heteroatoms. The summed E-state index contributed by atoms with van der Waals surface area (Å²) in [4.78, 5) is 24.3. The summed E-state index contributed by atoms with van der Waals surface area (Å²) in [6.45, 7) is 0.585. The van der Waals surface area contributed by atoms with Crippen molar-refractivity contribution in [3.05, 3.63) is 77.0 Å². The van der Waals surface area contributed by atoms with Crippen LogP contribution in [0.25, 0.3) is 0 Å². The second-order valence-corrected chi connectivity index (χ2v) is 6.90. The number of ether oxygens (including phenoxy) is 1. The molecular formula is C22H22N4O3. The molecule has 29 heavy (non-hydrogen) atoms. The summed E-state index contributed by atoms with van der Waals surface area (Å²) in [5.41, 5.74) is 3.24. The third-order valence-electron chi connectivity index (χ3n) is 5.04. The fourth-order valence-corrected chi connectivity index (χ4v) is 3.57. The van der Waals surface area contributed by atoms with Gasteiger partial charge < -0.3 is 15.4 Å². The number of nitrogens with zero attached hydrogens (tertiary/aromatic N) is 1. The van der Waals surface area contributed by atoms with Gasteiger partial charge in [-0.15, -0.1) is 0 Å². The lowest BCUT2D eigenvalue weighted by Gasteiger charge is -2.23. The molecule has 1 atom stereocenters. The number of fused-ring (bicyclic) bond motifs is 1. The summed E-state index contributed by atoms with van der Waals surface area (Å²) in [6.07, 6.45) is 1.09. The summed E-state index contributed by atoms with van der Waals surface area (Å²) in [6, 6.07) is 17.8.